The molecule has 7 heteroatoms. The Bertz CT molecular complexity index is 386. The van der Waals surface area contributed by atoms with Crippen LogP contribution < -0.4 is 5.32 Å². The molecule has 6 nitrogen and oxygen atoms in total. The van der Waals surface area contributed by atoms with Crippen molar-refractivity contribution in [2.45, 2.75) is 13.3 Å². The van der Waals surface area contributed by atoms with E-state index < -0.39 is 11.9 Å². The van der Waals surface area contributed by atoms with Crippen molar-refractivity contribution in [2.75, 3.05) is 5.32 Å². The van der Waals surface area contributed by atoms with Gasteiger partial charge in [-0.25, -0.2) is 4.79 Å². The van der Waals surface area contributed by atoms with E-state index in [2.05, 4.69) is 15.5 Å². The Balaban J connectivity index is 2.53. The lowest BCUT2D eigenvalue weighted by atomic mass is 10.2. The minimum atomic E-state index is -1.09. The van der Waals surface area contributed by atoms with Crippen LogP contribution in [0, 0.1) is 0 Å². The number of carboxylic acids is 1. The fourth-order valence-corrected chi connectivity index (χ4v) is 1.33. The highest BCUT2D eigenvalue weighted by Gasteiger charge is 2.12. The van der Waals surface area contributed by atoms with Crippen LogP contribution in [0.25, 0.3) is 0 Å². The second-order valence-electron chi connectivity index (χ2n) is 2.59. The normalized spacial score (nSPS) is 11.1. The number of carboxylic acid groups (broad SMARTS) is 1. The van der Waals surface area contributed by atoms with Crippen molar-refractivity contribution in [1.29, 1.82) is 0 Å². The molecule has 0 bridgehead atoms. The minimum Gasteiger partial charge on any atom is -0.478 e. The topological polar surface area (TPSA) is 92.2 Å². The summed E-state index contributed by atoms with van der Waals surface area (Å²) in [5, 5.41) is 18.6. The first-order valence-corrected chi connectivity index (χ1v) is 4.96. The van der Waals surface area contributed by atoms with E-state index in [0.717, 1.165) is 0 Å². The Morgan fingerprint density at radius 3 is 2.87 bits per heavy atom. The van der Waals surface area contributed by atoms with Crippen molar-refractivity contribution in [3.63, 3.8) is 0 Å². The lowest BCUT2D eigenvalue weighted by molar-refractivity contribution is -0.133. The lowest BCUT2D eigenvalue weighted by Gasteiger charge is -2.01. The Morgan fingerprint density at radius 2 is 2.40 bits per heavy atom. The average molecular weight is 227 g/mol. The lowest BCUT2D eigenvalue weighted by Crippen LogP contribution is -2.15. The SMILES string of the molecule is CC=C(CC(=O)Nc1nncs1)C(=O)O. The fraction of sp³-hybridized carbons (Fsp3) is 0.250. The summed E-state index contributed by atoms with van der Waals surface area (Å²) in [5.74, 6) is -1.51. The number of amides is 1. The maximum Gasteiger partial charge on any atom is 0.331 e. The predicted molar refractivity (Wildman–Crippen MR) is 54.5 cm³/mol. The van der Waals surface area contributed by atoms with Gasteiger partial charge in [-0.1, -0.05) is 17.4 Å². The molecule has 0 unspecified atom stereocenters. The quantitative estimate of drug-likeness (QED) is 0.745. The molecule has 0 aliphatic rings. The first kappa shape index (κ1) is 11.3. The van der Waals surface area contributed by atoms with Crippen molar-refractivity contribution in [3.8, 4) is 0 Å². The summed E-state index contributed by atoms with van der Waals surface area (Å²) in [7, 11) is 0. The number of aliphatic carboxylic acids is 1. The highest BCUT2D eigenvalue weighted by Crippen LogP contribution is 2.10. The molecule has 0 saturated carbocycles. The number of carbonyl (C=O) groups excluding carboxylic acids is 1. The summed E-state index contributed by atoms with van der Waals surface area (Å²) >= 11 is 1.17. The highest BCUT2D eigenvalue weighted by atomic mass is 32.1. The van der Waals surface area contributed by atoms with E-state index in [1.165, 1.54) is 22.9 Å². The summed E-state index contributed by atoms with van der Waals surface area (Å²) in [6.07, 6.45) is 1.22. The van der Waals surface area contributed by atoms with Gasteiger partial charge >= 0.3 is 5.97 Å². The second kappa shape index (κ2) is 5.20. The van der Waals surface area contributed by atoms with Crippen LogP contribution in [0.15, 0.2) is 17.2 Å². The van der Waals surface area contributed by atoms with Gasteiger partial charge < -0.3 is 10.4 Å². The summed E-state index contributed by atoms with van der Waals surface area (Å²) in [6, 6.07) is 0. The van der Waals surface area contributed by atoms with Crippen molar-refractivity contribution < 1.29 is 14.7 Å². The number of hydrogen-bond donors (Lipinski definition) is 2. The molecule has 0 aromatic carbocycles. The molecule has 0 fully saturated rings. The van der Waals surface area contributed by atoms with E-state index in [0.29, 0.717) is 5.13 Å². The van der Waals surface area contributed by atoms with Gasteiger partial charge in [0.2, 0.25) is 11.0 Å². The number of nitrogens with zero attached hydrogens (tertiary/aromatic N) is 2. The number of nitrogens with one attached hydrogen (secondary N) is 1. The van der Waals surface area contributed by atoms with Crippen LogP contribution in [0.2, 0.25) is 0 Å². The van der Waals surface area contributed by atoms with Gasteiger partial charge in [0.05, 0.1) is 6.42 Å². The standard InChI is InChI=1S/C8H9N3O3S/c1-2-5(7(13)14)3-6(12)10-8-11-9-4-15-8/h2,4H,3H2,1H3,(H,13,14)(H,10,11,12). The molecule has 0 saturated heterocycles. The molecular formula is C8H9N3O3S. The van der Waals surface area contributed by atoms with Gasteiger partial charge in [-0.15, -0.1) is 10.2 Å². The smallest absolute Gasteiger partial charge is 0.331 e. The third kappa shape index (κ3) is 3.47. The largest absolute Gasteiger partial charge is 0.478 e. The molecule has 1 amide bonds. The first-order chi connectivity index (χ1) is 7.13. The Hall–Kier alpha value is -1.76. The molecular weight excluding hydrogens is 218 g/mol. The van der Waals surface area contributed by atoms with E-state index in [-0.39, 0.29) is 12.0 Å². The molecule has 15 heavy (non-hydrogen) atoms. The molecule has 80 valence electrons. The van der Waals surface area contributed by atoms with E-state index in [4.69, 9.17) is 5.11 Å². The zero-order chi connectivity index (χ0) is 11.3. The highest BCUT2D eigenvalue weighted by molar-refractivity contribution is 7.13. The fourth-order valence-electron chi connectivity index (χ4n) is 0.865. The Labute approximate surface area is 89.6 Å². The number of anilines is 1. The summed E-state index contributed by atoms with van der Waals surface area (Å²) in [5.41, 5.74) is 1.53. The third-order valence-electron chi connectivity index (χ3n) is 1.58. The Kier molecular flexibility index (Phi) is 3.92. The van der Waals surface area contributed by atoms with Gasteiger partial charge in [0.15, 0.2) is 0 Å². The van der Waals surface area contributed by atoms with Crippen molar-refractivity contribution in [2.24, 2.45) is 0 Å². The maximum atomic E-state index is 11.3. The Morgan fingerprint density at radius 1 is 1.67 bits per heavy atom. The van der Waals surface area contributed by atoms with Crippen LogP contribution in [0.4, 0.5) is 5.13 Å². The minimum absolute atomic E-state index is 0.0528. The molecule has 0 atom stereocenters. The molecule has 2 N–H and O–H groups in total. The van der Waals surface area contributed by atoms with Gasteiger partial charge in [-0.3, -0.25) is 4.79 Å². The van der Waals surface area contributed by atoms with Crippen LogP contribution in [0.5, 0.6) is 0 Å². The molecule has 0 aliphatic carbocycles. The van der Waals surface area contributed by atoms with E-state index in [1.54, 1.807) is 6.92 Å². The van der Waals surface area contributed by atoms with Crippen molar-refractivity contribution >= 4 is 28.3 Å². The number of allylic oxidation sites excluding steroid dienone is 1. The third-order valence-corrected chi connectivity index (χ3v) is 2.19. The van der Waals surface area contributed by atoms with Crippen LogP contribution in [0.3, 0.4) is 0 Å². The van der Waals surface area contributed by atoms with E-state index in [9.17, 15) is 9.59 Å². The monoisotopic (exact) mass is 227 g/mol. The van der Waals surface area contributed by atoms with Gasteiger partial charge in [0.1, 0.15) is 5.51 Å². The zero-order valence-corrected chi connectivity index (χ0v) is 8.74. The second-order valence-corrected chi connectivity index (χ2v) is 3.42. The van der Waals surface area contributed by atoms with Crippen molar-refractivity contribution in [1.82, 2.24) is 10.2 Å². The number of rotatable bonds is 4. The zero-order valence-electron chi connectivity index (χ0n) is 7.93. The average Bonchev–Trinajstić information content (AvgIpc) is 2.66. The van der Waals surface area contributed by atoms with Crippen LogP contribution >= 0.6 is 11.3 Å². The van der Waals surface area contributed by atoms with Gasteiger partial charge in [-0.05, 0) is 6.92 Å². The molecule has 1 aromatic heterocycles. The maximum absolute atomic E-state index is 11.3. The molecule has 1 aromatic rings. The van der Waals surface area contributed by atoms with Crippen LogP contribution in [-0.4, -0.2) is 27.2 Å². The molecule has 0 spiro atoms. The van der Waals surface area contributed by atoms with Crippen molar-refractivity contribution in [3.05, 3.63) is 17.2 Å². The summed E-state index contributed by atoms with van der Waals surface area (Å²) in [4.78, 5) is 21.9. The van der Waals surface area contributed by atoms with E-state index >= 15 is 0 Å². The molecule has 0 aliphatic heterocycles. The number of hydrogen-bond acceptors (Lipinski definition) is 5. The summed E-state index contributed by atoms with van der Waals surface area (Å²) < 4.78 is 0. The molecule has 0 radical (unpaired) electrons. The first-order valence-electron chi connectivity index (χ1n) is 4.08. The van der Waals surface area contributed by atoms with Gasteiger partial charge in [0.25, 0.3) is 0 Å². The summed E-state index contributed by atoms with van der Waals surface area (Å²) in [6.45, 7) is 1.57. The number of aromatic nitrogens is 2. The molecule has 1 heterocycles. The van der Waals surface area contributed by atoms with Gasteiger partial charge in [-0.2, -0.15) is 0 Å². The predicted octanol–water partition coefficient (Wildman–Crippen LogP) is 0.898. The van der Waals surface area contributed by atoms with Gasteiger partial charge in [0, 0.05) is 5.57 Å². The van der Waals surface area contributed by atoms with E-state index in [1.807, 2.05) is 0 Å². The van der Waals surface area contributed by atoms with Crippen LogP contribution in [0.1, 0.15) is 13.3 Å². The number of carbonyl (C=O) groups is 2. The molecule has 1 rings (SSSR count). The van der Waals surface area contributed by atoms with Crippen LogP contribution in [-0.2, 0) is 9.59 Å².